The zero-order chi connectivity index (χ0) is 20.1. The molecule has 0 N–H and O–H groups in total. The predicted molar refractivity (Wildman–Crippen MR) is 118 cm³/mol. The molecule has 0 aliphatic carbocycles. The van der Waals surface area contributed by atoms with Crippen LogP contribution < -0.4 is 0 Å². The Morgan fingerprint density at radius 3 is 2.47 bits per heavy atom. The summed E-state index contributed by atoms with van der Waals surface area (Å²) in [7, 11) is 0. The highest BCUT2D eigenvalue weighted by molar-refractivity contribution is 6.28. The first-order valence-corrected chi connectivity index (χ1v) is 9.81. The summed E-state index contributed by atoms with van der Waals surface area (Å²) in [6.45, 7) is 0. The standard InChI is InChI=1S/C24H13ClN4O/c25-24-28-21(16-10-9-14-5-1-2-6-15(14)13-16)27-22(29-24)18-11-12-26-23-20(18)17-7-3-4-8-19(17)30-23/h1-13H. The molecule has 0 unspecified atom stereocenters. The van der Waals surface area contributed by atoms with Crippen LogP contribution in [-0.2, 0) is 0 Å². The molecule has 0 saturated heterocycles. The Bertz CT molecular complexity index is 1570. The first kappa shape index (κ1) is 17.1. The first-order valence-electron chi connectivity index (χ1n) is 9.44. The van der Waals surface area contributed by atoms with Crippen molar-refractivity contribution < 1.29 is 4.42 Å². The number of hydrogen-bond acceptors (Lipinski definition) is 5. The van der Waals surface area contributed by atoms with Crippen LogP contribution in [-0.4, -0.2) is 19.9 Å². The van der Waals surface area contributed by atoms with Gasteiger partial charge in [-0.2, -0.15) is 9.97 Å². The summed E-state index contributed by atoms with van der Waals surface area (Å²) >= 11 is 6.31. The fourth-order valence-corrected chi connectivity index (χ4v) is 3.92. The normalized spacial score (nSPS) is 11.5. The van der Waals surface area contributed by atoms with E-state index in [0.717, 1.165) is 38.3 Å². The number of fused-ring (bicyclic) bond motifs is 4. The third-order valence-electron chi connectivity index (χ3n) is 5.14. The fraction of sp³-hybridized carbons (Fsp3) is 0. The van der Waals surface area contributed by atoms with Gasteiger partial charge < -0.3 is 4.42 Å². The molecule has 0 aliphatic heterocycles. The Morgan fingerprint density at radius 1 is 0.733 bits per heavy atom. The Balaban J connectivity index is 1.58. The third kappa shape index (κ3) is 2.71. The molecule has 0 bridgehead atoms. The molecule has 30 heavy (non-hydrogen) atoms. The third-order valence-corrected chi connectivity index (χ3v) is 5.30. The number of nitrogens with zero attached hydrogens (tertiary/aromatic N) is 4. The lowest BCUT2D eigenvalue weighted by molar-refractivity contribution is 0.654. The maximum Gasteiger partial charge on any atom is 0.228 e. The van der Waals surface area contributed by atoms with Gasteiger partial charge in [0.2, 0.25) is 11.0 Å². The highest BCUT2D eigenvalue weighted by Crippen LogP contribution is 2.35. The van der Waals surface area contributed by atoms with Crippen LogP contribution in [0.3, 0.4) is 0 Å². The van der Waals surface area contributed by atoms with E-state index in [9.17, 15) is 0 Å². The maximum atomic E-state index is 6.31. The molecule has 6 rings (SSSR count). The number of pyridine rings is 1. The molecular formula is C24H13ClN4O. The van der Waals surface area contributed by atoms with Crippen molar-refractivity contribution >= 4 is 44.4 Å². The van der Waals surface area contributed by atoms with Crippen molar-refractivity contribution in [2.24, 2.45) is 0 Å². The van der Waals surface area contributed by atoms with E-state index >= 15 is 0 Å². The highest BCUT2D eigenvalue weighted by Gasteiger charge is 2.17. The molecule has 0 radical (unpaired) electrons. The van der Waals surface area contributed by atoms with Crippen molar-refractivity contribution in [3.8, 4) is 22.8 Å². The van der Waals surface area contributed by atoms with E-state index in [1.54, 1.807) is 6.20 Å². The smallest absolute Gasteiger partial charge is 0.228 e. The van der Waals surface area contributed by atoms with Gasteiger partial charge in [0.15, 0.2) is 11.6 Å². The number of para-hydroxylation sites is 1. The van der Waals surface area contributed by atoms with E-state index < -0.39 is 0 Å². The molecule has 0 saturated carbocycles. The summed E-state index contributed by atoms with van der Waals surface area (Å²) in [5.41, 5.74) is 2.98. The summed E-state index contributed by atoms with van der Waals surface area (Å²) in [6, 6.07) is 24.0. The van der Waals surface area contributed by atoms with Crippen molar-refractivity contribution in [3.63, 3.8) is 0 Å². The Kier molecular flexibility index (Phi) is 3.76. The summed E-state index contributed by atoms with van der Waals surface area (Å²) in [5.74, 6) is 1.01. The van der Waals surface area contributed by atoms with Crippen LogP contribution in [0.5, 0.6) is 0 Å². The summed E-state index contributed by atoms with van der Waals surface area (Å²) in [4.78, 5) is 17.9. The maximum absolute atomic E-state index is 6.31. The number of halogens is 1. The second kappa shape index (κ2) is 6.61. The molecule has 3 aromatic carbocycles. The zero-order valence-corrected chi connectivity index (χ0v) is 16.3. The average Bonchev–Trinajstić information content (AvgIpc) is 3.17. The summed E-state index contributed by atoms with van der Waals surface area (Å²) < 4.78 is 5.89. The van der Waals surface area contributed by atoms with Crippen LogP contribution in [0.2, 0.25) is 5.28 Å². The number of furan rings is 1. The molecule has 0 aliphatic rings. The summed E-state index contributed by atoms with van der Waals surface area (Å²) in [5, 5.41) is 4.22. The van der Waals surface area contributed by atoms with Crippen LogP contribution >= 0.6 is 11.6 Å². The second-order valence-electron chi connectivity index (χ2n) is 6.95. The van der Waals surface area contributed by atoms with Gasteiger partial charge in [0, 0.05) is 22.7 Å². The molecule has 5 nitrogen and oxygen atoms in total. The van der Waals surface area contributed by atoms with E-state index in [-0.39, 0.29) is 5.28 Å². The van der Waals surface area contributed by atoms with Crippen molar-refractivity contribution in [2.45, 2.75) is 0 Å². The number of benzene rings is 3. The van der Waals surface area contributed by atoms with Crippen LogP contribution in [0.1, 0.15) is 0 Å². The SMILES string of the molecule is Clc1nc(-c2ccc3ccccc3c2)nc(-c2ccnc3oc4ccccc4c23)n1. The van der Waals surface area contributed by atoms with E-state index in [0.29, 0.717) is 17.4 Å². The van der Waals surface area contributed by atoms with Crippen molar-refractivity contribution in [3.05, 3.63) is 84.3 Å². The second-order valence-corrected chi connectivity index (χ2v) is 7.29. The number of hydrogen-bond donors (Lipinski definition) is 0. The van der Waals surface area contributed by atoms with E-state index in [4.69, 9.17) is 21.0 Å². The molecule has 0 amide bonds. The minimum Gasteiger partial charge on any atom is -0.438 e. The van der Waals surface area contributed by atoms with Gasteiger partial charge in [0.25, 0.3) is 0 Å². The van der Waals surface area contributed by atoms with Crippen LogP contribution in [0.15, 0.2) is 83.4 Å². The van der Waals surface area contributed by atoms with Gasteiger partial charge in [0.05, 0.1) is 5.39 Å². The zero-order valence-electron chi connectivity index (χ0n) is 15.6. The van der Waals surface area contributed by atoms with Gasteiger partial charge in [-0.1, -0.05) is 54.6 Å². The van der Waals surface area contributed by atoms with Gasteiger partial charge in [-0.3, -0.25) is 0 Å². The van der Waals surface area contributed by atoms with E-state index in [1.165, 1.54) is 0 Å². The Morgan fingerprint density at radius 2 is 1.53 bits per heavy atom. The monoisotopic (exact) mass is 408 g/mol. The molecular weight excluding hydrogens is 396 g/mol. The predicted octanol–water partition coefficient (Wildman–Crippen LogP) is 6.31. The molecule has 0 spiro atoms. The Hall–Kier alpha value is -3.83. The van der Waals surface area contributed by atoms with Gasteiger partial charge in [-0.25, -0.2) is 9.97 Å². The van der Waals surface area contributed by atoms with Crippen LogP contribution in [0.4, 0.5) is 0 Å². The largest absolute Gasteiger partial charge is 0.438 e. The molecule has 3 aromatic heterocycles. The van der Waals surface area contributed by atoms with Gasteiger partial charge in [-0.15, -0.1) is 0 Å². The minimum absolute atomic E-state index is 0.140. The lowest BCUT2D eigenvalue weighted by Crippen LogP contribution is -1.98. The summed E-state index contributed by atoms with van der Waals surface area (Å²) in [6.07, 6.45) is 1.69. The Labute approximate surface area is 176 Å². The lowest BCUT2D eigenvalue weighted by atomic mass is 10.1. The molecule has 0 atom stereocenters. The topological polar surface area (TPSA) is 64.7 Å². The first-order chi connectivity index (χ1) is 14.8. The minimum atomic E-state index is 0.140. The quantitative estimate of drug-likeness (QED) is 0.336. The van der Waals surface area contributed by atoms with E-state index in [1.807, 2.05) is 48.5 Å². The molecule has 6 heteroatoms. The molecule has 142 valence electrons. The van der Waals surface area contributed by atoms with Gasteiger partial charge in [0.1, 0.15) is 5.58 Å². The number of rotatable bonds is 2. The fourth-order valence-electron chi connectivity index (χ4n) is 3.76. The van der Waals surface area contributed by atoms with Crippen molar-refractivity contribution in [1.29, 1.82) is 0 Å². The number of aromatic nitrogens is 4. The molecule has 6 aromatic rings. The van der Waals surface area contributed by atoms with Crippen molar-refractivity contribution in [1.82, 2.24) is 19.9 Å². The average molecular weight is 409 g/mol. The molecule has 0 fully saturated rings. The van der Waals surface area contributed by atoms with E-state index in [2.05, 4.69) is 39.2 Å². The van der Waals surface area contributed by atoms with Crippen LogP contribution in [0.25, 0.3) is 55.6 Å². The van der Waals surface area contributed by atoms with Gasteiger partial charge >= 0.3 is 0 Å². The highest BCUT2D eigenvalue weighted by atomic mass is 35.5. The lowest BCUT2D eigenvalue weighted by Gasteiger charge is -2.07. The molecule has 3 heterocycles. The van der Waals surface area contributed by atoms with Crippen molar-refractivity contribution in [2.75, 3.05) is 0 Å². The van der Waals surface area contributed by atoms with Crippen LogP contribution in [0, 0.1) is 0 Å². The van der Waals surface area contributed by atoms with Gasteiger partial charge in [-0.05, 0) is 40.6 Å².